The molecule has 1 aromatic carbocycles. The minimum atomic E-state index is -0.206. The molecule has 0 unspecified atom stereocenters. The minimum absolute atomic E-state index is 0.206. The summed E-state index contributed by atoms with van der Waals surface area (Å²) in [6, 6.07) is 8.65. The zero-order valence-corrected chi connectivity index (χ0v) is 13.4. The molecule has 2 rings (SSSR count). The van der Waals surface area contributed by atoms with Crippen LogP contribution in [0.15, 0.2) is 29.8 Å². The molecule has 1 heterocycles. The Labute approximate surface area is 127 Å². The molecule has 1 amide bonds. The van der Waals surface area contributed by atoms with Crippen LogP contribution in [-0.4, -0.2) is 30.7 Å². The van der Waals surface area contributed by atoms with Crippen molar-refractivity contribution in [1.82, 2.24) is 4.90 Å². The van der Waals surface area contributed by atoms with Gasteiger partial charge in [-0.2, -0.15) is 0 Å². The van der Waals surface area contributed by atoms with E-state index in [0.717, 1.165) is 27.9 Å². The summed E-state index contributed by atoms with van der Waals surface area (Å²) < 4.78 is 6.44. The fourth-order valence-electron chi connectivity index (χ4n) is 2.33. The third-order valence-electron chi connectivity index (χ3n) is 3.54. The molecular weight excluding hydrogens is 294 g/mol. The van der Waals surface area contributed by atoms with Gasteiger partial charge in [-0.15, -0.1) is 0 Å². The van der Waals surface area contributed by atoms with Crippen LogP contribution in [0.25, 0.3) is 5.57 Å². The second-order valence-corrected chi connectivity index (χ2v) is 5.99. The molecule has 3 nitrogen and oxygen atoms in total. The Bertz CT molecular complexity index is 508. The summed E-state index contributed by atoms with van der Waals surface area (Å²) in [5, 5.41) is 0. The number of hydrogen-bond acceptors (Lipinski definition) is 2. The molecule has 0 bridgehead atoms. The molecule has 0 fully saturated rings. The van der Waals surface area contributed by atoms with E-state index in [1.54, 1.807) is 4.90 Å². The van der Waals surface area contributed by atoms with Crippen LogP contribution in [0.3, 0.4) is 0 Å². The van der Waals surface area contributed by atoms with Gasteiger partial charge in [0.15, 0.2) is 0 Å². The first-order valence-corrected chi connectivity index (χ1v) is 8.48. The molecule has 110 valence electrons. The van der Waals surface area contributed by atoms with Crippen LogP contribution in [0.2, 0.25) is 5.82 Å². The predicted molar refractivity (Wildman–Crippen MR) is 77.7 cm³/mol. The standard InChI is InChI=1S/C15H18NO2.CH3.Fe/c1-3-18-15(17)16-10-9-12(2)14(11-16)13-7-5-4-6-8-13;;/h5-8H,3,9-11H2,1-2H3;1H3;. The number of carbonyl (C=O) groups is 1. The molecule has 0 aliphatic carbocycles. The first-order chi connectivity index (χ1) is 9.65. The fraction of sp³-hybridized carbons (Fsp3) is 0.438. The Balaban J connectivity index is 2.18. The maximum absolute atomic E-state index is 11.9. The summed E-state index contributed by atoms with van der Waals surface area (Å²) in [5.74, 6) is 2.16. The van der Waals surface area contributed by atoms with Crippen molar-refractivity contribution in [3.05, 3.63) is 35.4 Å². The van der Waals surface area contributed by atoms with Crippen LogP contribution in [0.5, 0.6) is 0 Å². The first kappa shape index (κ1) is 15.1. The average Bonchev–Trinajstić information content (AvgIpc) is 2.48. The zero-order chi connectivity index (χ0) is 14.5. The number of ether oxygens (including phenoxy) is 1. The zero-order valence-electron chi connectivity index (χ0n) is 12.3. The summed E-state index contributed by atoms with van der Waals surface area (Å²) >= 11 is 1.05. The number of nitrogens with zero attached hydrogens (tertiary/aromatic N) is 1. The van der Waals surface area contributed by atoms with E-state index in [0.29, 0.717) is 13.2 Å². The molecule has 0 radical (unpaired) electrons. The van der Waals surface area contributed by atoms with E-state index in [1.165, 1.54) is 21.2 Å². The summed E-state index contributed by atoms with van der Waals surface area (Å²) in [5.41, 5.74) is 3.84. The average molecular weight is 315 g/mol. The normalized spacial score (nSPS) is 15.7. The van der Waals surface area contributed by atoms with Gasteiger partial charge in [-0.3, -0.25) is 0 Å². The van der Waals surface area contributed by atoms with Crippen LogP contribution >= 0.6 is 0 Å². The van der Waals surface area contributed by atoms with Crippen molar-refractivity contribution in [2.24, 2.45) is 0 Å². The molecule has 4 heteroatoms. The van der Waals surface area contributed by atoms with E-state index in [-0.39, 0.29) is 6.09 Å². The first-order valence-electron chi connectivity index (χ1n) is 6.82. The van der Waals surface area contributed by atoms with Gasteiger partial charge in [-0.1, -0.05) is 0 Å². The van der Waals surface area contributed by atoms with Gasteiger partial charge in [0.1, 0.15) is 0 Å². The summed E-state index contributed by atoms with van der Waals surface area (Å²) in [7, 11) is 0. The van der Waals surface area contributed by atoms with Crippen molar-refractivity contribution in [3.8, 4) is 0 Å². The summed E-state index contributed by atoms with van der Waals surface area (Å²) in [6.45, 7) is 5.83. The van der Waals surface area contributed by atoms with Crippen LogP contribution < -0.4 is 4.46 Å². The molecule has 0 atom stereocenters. The molecule has 0 N–H and O–H groups in total. The van der Waals surface area contributed by atoms with E-state index in [2.05, 4.69) is 37.0 Å². The van der Waals surface area contributed by atoms with E-state index in [4.69, 9.17) is 4.74 Å². The molecule has 0 spiro atoms. The Morgan fingerprint density at radius 3 is 2.65 bits per heavy atom. The van der Waals surface area contributed by atoms with Gasteiger partial charge < -0.3 is 0 Å². The van der Waals surface area contributed by atoms with Gasteiger partial charge in [0.25, 0.3) is 0 Å². The van der Waals surface area contributed by atoms with Gasteiger partial charge in [0, 0.05) is 0 Å². The number of benzene rings is 1. The molecule has 1 aliphatic rings. The quantitative estimate of drug-likeness (QED) is 0.802. The Kier molecular flexibility index (Phi) is 5.27. The Hall–Kier alpha value is -1.25. The van der Waals surface area contributed by atoms with Crippen molar-refractivity contribution < 1.29 is 24.5 Å². The predicted octanol–water partition coefficient (Wildman–Crippen LogP) is 3.08. The van der Waals surface area contributed by atoms with E-state index >= 15 is 0 Å². The van der Waals surface area contributed by atoms with Crippen LogP contribution in [-0.2, 0) is 19.7 Å². The van der Waals surface area contributed by atoms with Crippen LogP contribution in [0.4, 0.5) is 4.79 Å². The number of rotatable bonds is 3. The van der Waals surface area contributed by atoms with E-state index in [1.807, 2.05) is 6.92 Å². The van der Waals surface area contributed by atoms with Gasteiger partial charge in [-0.05, 0) is 0 Å². The van der Waals surface area contributed by atoms with Crippen molar-refractivity contribution in [2.45, 2.75) is 26.1 Å². The third kappa shape index (κ3) is 3.44. The molecule has 1 aromatic rings. The number of carbonyl (C=O) groups excluding carboxylic acids is 1. The van der Waals surface area contributed by atoms with Gasteiger partial charge in [0.2, 0.25) is 0 Å². The number of hydrogen-bond donors (Lipinski definition) is 0. The Morgan fingerprint density at radius 1 is 1.35 bits per heavy atom. The molecular formula is C16H21FeNO2. The van der Waals surface area contributed by atoms with Crippen LogP contribution in [0, 0.1) is 0 Å². The van der Waals surface area contributed by atoms with Crippen LogP contribution in [0.1, 0.15) is 25.8 Å². The second-order valence-electron chi connectivity index (χ2n) is 4.80. The Morgan fingerprint density at radius 2 is 2.05 bits per heavy atom. The molecule has 20 heavy (non-hydrogen) atoms. The van der Waals surface area contributed by atoms with Crippen molar-refractivity contribution >= 4 is 16.1 Å². The monoisotopic (exact) mass is 315 g/mol. The fourth-order valence-corrected chi connectivity index (χ4v) is 2.88. The molecule has 0 saturated carbocycles. The molecule has 0 saturated heterocycles. The van der Waals surface area contributed by atoms with Gasteiger partial charge in [0.05, 0.1) is 0 Å². The molecule has 0 aromatic heterocycles. The third-order valence-corrected chi connectivity index (χ3v) is 4.54. The van der Waals surface area contributed by atoms with Crippen molar-refractivity contribution in [1.29, 1.82) is 0 Å². The molecule has 1 aliphatic heterocycles. The van der Waals surface area contributed by atoms with E-state index in [9.17, 15) is 4.79 Å². The number of amides is 1. The van der Waals surface area contributed by atoms with Crippen molar-refractivity contribution in [3.63, 3.8) is 0 Å². The topological polar surface area (TPSA) is 29.5 Å². The van der Waals surface area contributed by atoms with E-state index < -0.39 is 0 Å². The van der Waals surface area contributed by atoms with Gasteiger partial charge in [-0.25, -0.2) is 0 Å². The van der Waals surface area contributed by atoms with Crippen molar-refractivity contribution in [2.75, 3.05) is 19.7 Å². The SMILES string of the molecule is CCOC(=O)N1CCC(C)=C(c2cc[c]([Fe][CH3])cc2)C1. The van der Waals surface area contributed by atoms with Gasteiger partial charge >= 0.3 is 127 Å². The maximum atomic E-state index is 11.9. The second kappa shape index (κ2) is 6.96. The summed E-state index contributed by atoms with van der Waals surface area (Å²) in [6.07, 6.45) is 0.714. The summed E-state index contributed by atoms with van der Waals surface area (Å²) in [4.78, 5) is 13.7.